The molecule has 0 unspecified atom stereocenters. The standard InChI is InChI=1S/C6H9FN4O2/c1-10-4-9-6(11(12)13)5(10)8-3-2-7/h4,8H,2-3H2,1H3. The quantitative estimate of drug-likeness (QED) is 0.557. The van der Waals surface area contributed by atoms with E-state index >= 15 is 0 Å². The fourth-order valence-corrected chi connectivity index (χ4v) is 0.921. The second-order valence-electron chi connectivity index (χ2n) is 2.40. The highest BCUT2D eigenvalue weighted by Gasteiger charge is 2.18. The van der Waals surface area contributed by atoms with Crippen LogP contribution in [0.15, 0.2) is 6.33 Å². The third-order valence-corrected chi connectivity index (χ3v) is 1.48. The second-order valence-corrected chi connectivity index (χ2v) is 2.40. The van der Waals surface area contributed by atoms with Gasteiger partial charge in [0.15, 0.2) is 0 Å². The van der Waals surface area contributed by atoms with E-state index in [2.05, 4.69) is 10.3 Å². The summed E-state index contributed by atoms with van der Waals surface area (Å²) < 4.78 is 13.2. The number of rotatable bonds is 4. The second kappa shape index (κ2) is 3.83. The lowest BCUT2D eigenvalue weighted by molar-refractivity contribution is -0.388. The summed E-state index contributed by atoms with van der Waals surface area (Å²) in [5, 5.41) is 13.0. The molecule has 0 aliphatic heterocycles. The molecule has 0 saturated carbocycles. The molecule has 0 bridgehead atoms. The van der Waals surface area contributed by atoms with Gasteiger partial charge in [-0.2, -0.15) is 0 Å². The van der Waals surface area contributed by atoms with Gasteiger partial charge in [-0.05, 0) is 9.91 Å². The van der Waals surface area contributed by atoms with Crippen molar-refractivity contribution < 1.29 is 9.31 Å². The van der Waals surface area contributed by atoms with Crippen LogP contribution in [0.1, 0.15) is 0 Å². The van der Waals surface area contributed by atoms with Crippen LogP contribution in [0.5, 0.6) is 0 Å². The molecule has 6 nitrogen and oxygen atoms in total. The van der Waals surface area contributed by atoms with Gasteiger partial charge < -0.3 is 15.4 Å². The topological polar surface area (TPSA) is 73.0 Å². The van der Waals surface area contributed by atoms with Crippen molar-refractivity contribution in [2.75, 3.05) is 18.5 Å². The molecular weight excluding hydrogens is 179 g/mol. The highest BCUT2D eigenvalue weighted by molar-refractivity contribution is 5.51. The number of nitrogens with one attached hydrogen (secondary N) is 1. The van der Waals surface area contributed by atoms with E-state index in [4.69, 9.17) is 0 Å². The average molecular weight is 188 g/mol. The van der Waals surface area contributed by atoms with Crippen LogP contribution in [0.3, 0.4) is 0 Å². The Morgan fingerprint density at radius 3 is 3.08 bits per heavy atom. The first-order valence-corrected chi connectivity index (χ1v) is 3.62. The van der Waals surface area contributed by atoms with Crippen molar-refractivity contribution in [2.24, 2.45) is 7.05 Å². The predicted molar refractivity (Wildman–Crippen MR) is 44.3 cm³/mol. The van der Waals surface area contributed by atoms with Gasteiger partial charge in [0, 0.05) is 13.6 Å². The van der Waals surface area contributed by atoms with Crippen LogP contribution in [0.25, 0.3) is 0 Å². The van der Waals surface area contributed by atoms with Crippen molar-refractivity contribution in [3.05, 3.63) is 16.4 Å². The molecule has 0 fully saturated rings. The first kappa shape index (κ1) is 9.43. The highest BCUT2D eigenvalue weighted by Crippen LogP contribution is 2.20. The van der Waals surface area contributed by atoms with E-state index in [1.165, 1.54) is 10.9 Å². The number of nitrogens with zero attached hydrogens (tertiary/aromatic N) is 3. The first-order chi connectivity index (χ1) is 6.16. The number of halogens is 1. The summed E-state index contributed by atoms with van der Waals surface area (Å²) in [5.74, 6) is -0.0569. The molecule has 1 aromatic rings. The number of alkyl halides is 1. The predicted octanol–water partition coefficient (Wildman–Crippen LogP) is 0.710. The van der Waals surface area contributed by atoms with Gasteiger partial charge in [-0.3, -0.25) is 4.57 Å². The van der Waals surface area contributed by atoms with Gasteiger partial charge in [-0.25, -0.2) is 4.39 Å². The van der Waals surface area contributed by atoms with Gasteiger partial charge in [0.05, 0.1) is 0 Å². The van der Waals surface area contributed by atoms with Crippen LogP contribution in [-0.4, -0.2) is 27.7 Å². The average Bonchev–Trinajstić information content (AvgIpc) is 2.43. The lowest BCUT2D eigenvalue weighted by Gasteiger charge is -2.02. The monoisotopic (exact) mass is 188 g/mol. The van der Waals surface area contributed by atoms with Gasteiger partial charge in [0.25, 0.3) is 0 Å². The molecule has 72 valence electrons. The van der Waals surface area contributed by atoms with Crippen LogP contribution < -0.4 is 5.32 Å². The largest absolute Gasteiger partial charge is 0.406 e. The third kappa shape index (κ3) is 1.92. The molecule has 1 rings (SSSR count). The lowest BCUT2D eigenvalue weighted by Crippen LogP contribution is -2.08. The maximum absolute atomic E-state index is 11.8. The normalized spacial score (nSPS) is 10.0. The summed E-state index contributed by atoms with van der Waals surface area (Å²) in [6.45, 7) is -0.539. The number of aromatic nitrogens is 2. The Labute approximate surface area is 73.5 Å². The minimum Gasteiger partial charge on any atom is -0.362 e. The molecule has 0 amide bonds. The number of aryl methyl sites for hydroxylation is 1. The van der Waals surface area contributed by atoms with E-state index in [9.17, 15) is 14.5 Å². The summed E-state index contributed by atoms with van der Waals surface area (Å²) in [6.07, 6.45) is 1.30. The first-order valence-electron chi connectivity index (χ1n) is 3.62. The van der Waals surface area contributed by atoms with Crippen molar-refractivity contribution in [2.45, 2.75) is 0 Å². The van der Waals surface area contributed by atoms with E-state index in [0.717, 1.165) is 0 Å². The van der Waals surface area contributed by atoms with Gasteiger partial charge in [-0.1, -0.05) is 0 Å². The summed E-state index contributed by atoms with van der Waals surface area (Å²) in [6, 6.07) is 0. The molecule has 13 heavy (non-hydrogen) atoms. The third-order valence-electron chi connectivity index (χ3n) is 1.48. The van der Waals surface area contributed by atoms with E-state index in [0.29, 0.717) is 0 Å². The van der Waals surface area contributed by atoms with Crippen molar-refractivity contribution in [3.63, 3.8) is 0 Å². The SMILES string of the molecule is Cn1cnc([N+](=O)[O-])c1NCCF. The van der Waals surface area contributed by atoms with Crippen LogP contribution in [0, 0.1) is 10.1 Å². The van der Waals surface area contributed by atoms with Crippen molar-refractivity contribution in [3.8, 4) is 0 Å². The molecule has 0 aliphatic carbocycles. The zero-order valence-electron chi connectivity index (χ0n) is 7.03. The van der Waals surface area contributed by atoms with Crippen molar-refractivity contribution in [1.29, 1.82) is 0 Å². The van der Waals surface area contributed by atoms with Gasteiger partial charge in [-0.15, -0.1) is 0 Å². The van der Waals surface area contributed by atoms with E-state index in [1.54, 1.807) is 7.05 Å². The van der Waals surface area contributed by atoms with E-state index in [1.807, 2.05) is 0 Å². The fraction of sp³-hybridized carbons (Fsp3) is 0.500. The molecule has 0 radical (unpaired) electrons. The molecule has 1 N–H and O–H groups in total. The smallest absolute Gasteiger partial charge is 0.362 e. The number of nitro groups is 1. The molecule has 0 aliphatic rings. The Bertz CT molecular complexity index is 312. The van der Waals surface area contributed by atoms with Crippen LogP contribution in [0.2, 0.25) is 0 Å². The number of imidazole rings is 1. The Kier molecular flexibility index (Phi) is 2.78. The van der Waals surface area contributed by atoms with Gasteiger partial charge in [0.1, 0.15) is 6.67 Å². The number of hydrogen-bond donors (Lipinski definition) is 1. The fourth-order valence-electron chi connectivity index (χ4n) is 0.921. The van der Waals surface area contributed by atoms with Crippen molar-refractivity contribution in [1.82, 2.24) is 9.55 Å². The van der Waals surface area contributed by atoms with Crippen LogP contribution >= 0.6 is 0 Å². The zero-order chi connectivity index (χ0) is 9.84. The summed E-state index contributed by atoms with van der Waals surface area (Å²) in [5.41, 5.74) is 0. The molecule has 1 aromatic heterocycles. The summed E-state index contributed by atoms with van der Waals surface area (Å²) in [4.78, 5) is 13.3. The molecule has 7 heteroatoms. The maximum Gasteiger partial charge on any atom is 0.406 e. The minimum absolute atomic E-state index is 0.0420. The Balaban J connectivity index is 2.88. The highest BCUT2D eigenvalue weighted by atomic mass is 19.1. The Hall–Kier alpha value is -1.66. The molecule has 0 saturated heterocycles. The van der Waals surface area contributed by atoms with Gasteiger partial charge in [0.2, 0.25) is 12.1 Å². The van der Waals surface area contributed by atoms with Crippen molar-refractivity contribution >= 4 is 11.6 Å². The molecule has 0 aromatic carbocycles. The Morgan fingerprint density at radius 2 is 2.54 bits per heavy atom. The molecule has 1 heterocycles. The maximum atomic E-state index is 11.8. The lowest BCUT2D eigenvalue weighted by atomic mass is 10.6. The number of hydrogen-bond acceptors (Lipinski definition) is 4. The minimum atomic E-state index is -0.611. The molecule has 0 spiro atoms. The van der Waals surface area contributed by atoms with Crippen LogP contribution in [0.4, 0.5) is 16.0 Å². The summed E-state index contributed by atoms with van der Waals surface area (Å²) in [7, 11) is 1.60. The van der Waals surface area contributed by atoms with Gasteiger partial charge >= 0.3 is 5.82 Å². The van der Waals surface area contributed by atoms with E-state index in [-0.39, 0.29) is 18.2 Å². The number of anilines is 1. The molecular formula is C6H9FN4O2. The van der Waals surface area contributed by atoms with Crippen LogP contribution in [-0.2, 0) is 7.05 Å². The molecule has 0 atom stereocenters. The summed E-state index contributed by atoms with van der Waals surface area (Å²) >= 11 is 0. The van der Waals surface area contributed by atoms with E-state index < -0.39 is 11.6 Å². The zero-order valence-corrected chi connectivity index (χ0v) is 7.03. The Morgan fingerprint density at radius 1 is 1.85 bits per heavy atom.